The predicted molar refractivity (Wildman–Crippen MR) is 206 cm³/mol. The quantitative estimate of drug-likeness (QED) is 0.188. The monoisotopic (exact) mass is 663 g/mol. The van der Waals surface area contributed by atoms with E-state index in [1.807, 2.05) is 48.5 Å². The zero-order valence-corrected chi connectivity index (χ0v) is 28.0. The Hall–Kier alpha value is -7.09. The standard InChI is InChI=1S/C48H29N3O/c49-30-31-19-25-41-45(27-31)52-46-28-36(24-26-42(46)48(41)39-17-9-7-15-37(39)38-16-8-10-18-40(38)48)32-20-22-35(23-21-32)47-50-43(33-11-3-1-4-12-33)29-44(51-47)34-13-5-2-6-14-34/h1-29H. The minimum Gasteiger partial charge on any atom is -0.457 e. The lowest BCUT2D eigenvalue weighted by molar-refractivity contribution is 0.436. The Morgan fingerprint density at radius 1 is 0.423 bits per heavy atom. The van der Waals surface area contributed by atoms with Crippen molar-refractivity contribution in [2.75, 3.05) is 0 Å². The summed E-state index contributed by atoms with van der Waals surface area (Å²) in [6.45, 7) is 0. The first-order valence-electron chi connectivity index (χ1n) is 17.4. The van der Waals surface area contributed by atoms with Gasteiger partial charge in [-0.2, -0.15) is 5.26 Å². The number of rotatable bonds is 4. The molecule has 242 valence electrons. The topological polar surface area (TPSA) is 58.8 Å². The van der Waals surface area contributed by atoms with Crippen LogP contribution in [0.3, 0.4) is 0 Å². The number of hydrogen-bond acceptors (Lipinski definition) is 4. The van der Waals surface area contributed by atoms with Gasteiger partial charge in [0, 0.05) is 27.8 Å². The summed E-state index contributed by atoms with van der Waals surface area (Å²) < 4.78 is 6.73. The third kappa shape index (κ3) is 4.54. The maximum absolute atomic E-state index is 9.84. The van der Waals surface area contributed by atoms with E-state index in [2.05, 4.69) is 133 Å². The Labute approximate surface area is 301 Å². The molecular weight excluding hydrogens is 635 g/mol. The summed E-state index contributed by atoms with van der Waals surface area (Å²) in [5.41, 5.74) is 13.9. The summed E-state index contributed by atoms with van der Waals surface area (Å²) in [5, 5.41) is 9.84. The molecule has 1 aliphatic carbocycles. The molecule has 1 aromatic heterocycles. The molecule has 0 saturated carbocycles. The fraction of sp³-hybridized carbons (Fsp3) is 0.0208. The molecule has 0 fully saturated rings. The molecule has 4 heteroatoms. The van der Waals surface area contributed by atoms with Crippen LogP contribution in [-0.2, 0) is 5.41 Å². The molecule has 0 atom stereocenters. The molecule has 2 heterocycles. The van der Waals surface area contributed by atoms with Crippen molar-refractivity contribution < 1.29 is 4.74 Å². The van der Waals surface area contributed by atoms with Crippen molar-refractivity contribution in [2.45, 2.75) is 5.41 Å². The lowest BCUT2D eigenvalue weighted by atomic mass is 9.66. The van der Waals surface area contributed by atoms with E-state index >= 15 is 0 Å². The Morgan fingerprint density at radius 2 is 0.923 bits per heavy atom. The second-order valence-corrected chi connectivity index (χ2v) is 13.2. The van der Waals surface area contributed by atoms with Crippen LogP contribution in [0.1, 0.15) is 27.8 Å². The number of fused-ring (bicyclic) bond motifs is 9. The molecule has 1 aliphatic heterocycles. The van der Waals surface area contributed by atoms with E-state index in [9.17, 15) is 5.26 Å². The zero-order chi connectivity index (χ0) is 34.6. The Morgan fingerprint density at radius 3 is 1.52 bits per heavy atom. The van der Waals surface area contributed by atoms with Crippen LogP contribution in [0.5, 0.6) is 11.5 Å². The summed E-state index contributed by atoms with van der Waals surface area (Å²) in [6.07, 6.45) is 0. The molecule has 7 aromatic carbocycles. The average molecular weight is 664 g/mol. The molecule has 0 N–H and O–H groups in total. The van der Waals surface area contributed by atoms with E-state index in [0.717, 1.165) is 56.1 Å². The summed E-state index contributed by atoms with van der Waals surface area (Å²) in [5.74, 6) is 2.16. The molecule has 1 spiro atoms. The molecule has 52 heavy (non-hydrogen) atoms. The summed E-state index contributed by atoms with van der Waals surface area (Å²) in [7, 11) is 0. The van der Waals surface area contributed by atoms with E-state index in [4.69, 9.17) is 14.7 Å². The highest BCUT2D eigenvalue weighted by Gasteiger charge is 2.51. The first-order valence-corrected chi connectivity index (χ1v) is 17.4. The van der Waals surface area contributed by atoms with Gasteiger partial charge in [0.25, 0.3) is 0 Å². The fourth-order valence-corrected chi connectivity index (χ4v) is 8.06. The van der Waals surface area contributed by atoms with E-state index in [1.54, 1.807) is 0 Å². The summed E-state index contributed by atoms with van der Waals surface area (Å²) in [6, 6.07) is 63.0. The third-order valence-electron chi connectivity index (χ3n) is 10.4. The SMILES string of the molecule is N#Cc1ccc2c(c1)Oc1cc(-c3ccc(-c4nc(-c5ccccc5)cc(-c5ccccc5)n4)cc3)ccc1C21c2ccccc2-c2ccccc21. The van der Waals surface area contributed by atoms with Gasteiger partial charge in [0.15, 0.2) is 5.82 Å². The minimum atomic E-state index is -0.579. The third-order valence-corrected chi connectivity index (χ3v) is 10.4. The first kappa shape index (κ1) is 29.8. The highest BCUT2D eigenvalue weighted by atomic mass is 16.5. The highest BCUT2D eigenvalue weighted by Crippen LogP contribution is 2.62. The smallest absolute Gasteiger partial charge is 0.160 e. The van der Waals surface area contributed by atoms with Crippen LogP contribution in [0.25, 0.3) is 56.2 Å². The minimum absolute atomic E-state index is 0.567. The van der Waals surface area contributed by atoms with Crippen LogP contribution >= 0.6 is 0 Å². The maximum atomic E-state index is 9.84. The Balaban J connectivity index is 1.09. The molecule has 0 bridgehead atoms. The van der Waals surface area contributed by atoms with Gasteiger partial charge in [0.05, 0.1) is 28.4 Å². The van der Waals surface area contributed by atoms with Gasteiger partial charge in [0.1, 0.15) is 11.5 Å². The second kappa shape index (κ2) is 11.8. The lowest BCUT2D eigenvalue weighted by Gasteiger charge is -2.39. The van der Waals surface area contributed by atoms with Crippen LogP contribution in [0.15, 0.2) is 176 Å². The number of ether oxygens (including phenoxy) is 1. The van der Waals surface area contributed by atoms with Gasteiger partial charge >= 0.3 is 0 Å². The average Bonchev–Trinajstić information content (AvgIpc) is 3.51. The number of aromatic nitrogens is 2. The second-order valence-electron chi connectivity index (χ2n) is 13.2. The van der Waals surface area contributed by atoms with Crippen molar-refractivity contribution in [3.05, 3.63) is 204 Å². The molecule has 0 radical (unpaired) electrons. The van der Waals surface area contributed by atoms with Crippen molar-refractivity contribution in [1.29, 1.82) is 5.26 Å². The van der Waals surface area contributed by atoms with Crippen molar-refractivity contribution in [3.63, 3.8) is 0 Å². The maximum Gasteiger partial charge on any atom is 0.160 e. The number of benzene rings is 7. The van der Waals surface area contributed by atoms with E-state index < -0.39 is 5.41 Å². The van der Waals surface area contributed by atoms with Crippen LogP contribution < -0.4 is 4.74 Å². The molecule has 4 nitrogen and oxygen atoms in total. The molecule has 0 amide bonds. The largest absolute Gasteiger partial charge is 0.457 e. The van der Waals surface area contributed by atoms with Crippen molar-refractivity contribution in [1.82, 2.24) is 9.97 Å². The van der Waals surface area contributed by atoms with Gasteiger partial charge in [-0.05, 0) is 57.6 Å². The van der Waals surface area contributed by atoms with Crippen molar-refractivity contribution in [2.24, 2.45) is 0 Å². The van der Waals surface area contributed by atoms with Crippen LogP contribution in [-0.4, -0.2) is 9.97 Å². The van der Waals surface area contributed by atoms with Gasteiger partial charge in [0.2, 0.25) is 0 Å². The van der Waals surface area contributed by atoms with Gasteiger partial charge in [-0.15, -0.1) is 0 Å². The normalized spacial score (nSPS) is 12.9. The molecule has 0 unspecified atom stereocenters. The molecule has 2 aliphatic rings. The Kier molecular flexibility index (Phi) is 6.74. The lowest BCUT2D eigenvalue weighted by Crippen LogP contribution is -2.32. The van der Waals surface area contributed by atoms with Crippen LogP contribution in [0.4, 0.5) is 0 Å². The zero-order valence-electron chi connectivity index (χ0n) is 28.0. The summed E-state index contributed by atoms with van der Waals surface area (Å²) in [4.78, 5) is 10.0. The van der Waals surface area contributed by atoms with Crippen LogP contribution in [0.2, 0.25) is 0 Å². The first-order chi connectivity index (χ1) is 25.7. The van der Waals surface area contributed by atoms with E-state index in [-0.39, 0.29) is 0 Å². The predicted octanol–water partition coefficient (Wildman–Crippen LogP) is 11.5. The molecule has 8 aromatic rings. The number of nitrogens with zero attached hydrogens (tertiary/aromatic N) is 3. The van der Waals surface area contributed by atoms with Gasteiger partial charge in [-0.3, -0.25) is 0 Å². The summed E-state index contributed by atoms with van der Waals surface area (Å²) >= 11 is 0. The van der Waals surface area contributed by atoms with E-state index in [1.165, 1.54) is 22.3 Å². The highest BCUT2D eigenvalue weighted by molar-refractivity contribution is 5.89. The van der Waals surface area contributed by atoms with E-state index in [0.29, 0.717) is 17.1 Å². The fourth-order valence-electron chi connectivity index (χ4n) is 8.06. The van der Waals surface area contributed by atoms with Crippen molar-refractivity contribution >= 4 is 0 Å². The van der Waals surface area contributed by atoms with Gasteiger partial charge in [-0.25, -0.2) is 9.97 Å². The molecule has 10 rings (SSSR count). The van der Waals surface area contributed by atoms with Gasteiger partial charge < -0.3 is 4.74 Å². The number of hydrogen-bond donors (Lipinski definition) is 0. The van der Waals surface area contributed by atoms with Crippen molar-refractivity contribution in [3.8, 4) is 73.7 Å². The Bertz CT molecular complexity index is 2610. The van der Waals surface area contributed by atoms with Gasteiger partial charge in [-0.1, -0.05) is 152 Å². The molecule has 0 saturated heterocycles. The molecular formula is C48H29N3O. The number of nitriles is 1. The van der Waals surface area contributed by atoms with Crippen LogP contribution in [0, 0.1) is 11.3 Å².